The number of sulfone groups is 2. The maximum absolute atomic E-state index is 12.3. The van der Waals surface area contributed by atoms with Gasteiger partial charge in [0, 0.05) is 11.1 Å². The van der Waals surface area contributed by atoms with Crippen LogP contribution >= 0.6 is 0 Å². The van der Waals surface area contributed by atoms with Crippen molar-refractivity contribution in [3.63, 3.8) is 0 Å². The van der Waals surface area contributed by atoms with Crippen LogP contribution in [-0.2, 0) is 19.7 Å². The van der Waals surface area contributed by atoms with Crippen LogP contribution in [0.1, 0.15) is 0 Å². The molecule has 0 atom stereocenters. The van der Waals surface area contributed by atoms with E-state index in [0.29, 0.717) is 0 Å². The molecule has 0 radical (unpaired) electrons. The number of benzene rings is 4. The van der Waals surface area contributed by atoms with Crippen LogP contribution in [0.3, 0.4) is 0 Å². The fraction of sp³-hybridized carbons (Fsp3) is 0. The van der Waals surface area contributed by atoms with Crippen molar-refractivity contribution in [2.45, 2.75) is 9.79 Å². The quantitative estimate of drug-likeness (QED) is 0.128. The molecule has 4 aromatic carbocycles. The van der Waals surface area contributed by atoms with Crippen molar-refractivity contribution in [1.29, 1.82) is 0 Å². The number of hydrogen-bond acceptors (Lipinski definition) is 6. The second kappa shape index (κ2) is 12.2. The Morgan fingerprint density at radius 1 is 0.564 bits per heavy atom. The molecule has 8 nitrogen and oxygen atoms in total. The van der Waals surface area contributed by atoms with Gasteiger partial charge in [0.15, 0.2) is 0 Å². The first-order chi connectivity index (χ1) is 18.9. The number of nitrogens with zero attached hydrogens (tertiary/aromatic N) is 4. The van der Waals surface area contributed by atoms with E-state index in [1.54, 1.807) is 18.3 Å². The lowest BCUT2D eigenvalue weighted by molar-refractivity contribution is 0.00380. The molecule has 0 spiro atoms. The largest absolute Gasteiger partial charge is 0.504 e. The third-order valence-corrected chi connectivity index (χ3v) is 9.69. The fourth-order valence-electron chi connectivity index (χ4n) is 3.64. The molecule has 5 aromatic rings. The van der Waals surface area contributed by atoms with Gasteiger partial charge < -0.3 is 5.53 Å². The predicted octanol–water partition coefficient (Wildman–Crippen LogP) is 5.33. The Labute approximate surface area is 226 Å². The molecule has 0 N–H and O–H groups in total. The van der Waals surface area contributed by atoms with Crippen molar-refractivity contribution in [2.24, 2.45) is 0 Å². The minimum atomic E-state index is -4.44. The summed E-state index contributed by atoms with van der Waals surface area (Å²) >= 11 is 0. The molecule has 1 heterocycles. The molecule has 0 saturated carbocycles. The summed E-state index contributed by atoms with van der Waals surface area (Å²) in [5.41, 5.74) is 13.2. The van der Waals surface area contributed by atoms with Crippen molar-refractivity contribution in [1.82, 2.24) is 10.2 Å². The van der Waals surface area contributed by atoms with Gasteiger partial charge >= 0.3 is 4.38 Å². The zero-order chi connectivity index (χ0) is 27.7. The van der Waals surface area contributed by atoms with E-state index in [1.165, 1.54) is 48.5 Å². The van der Waals surface area contributed by atoms with Crippen LogP contribution in [0.5, 0.6) is 0 Å². The molecule has 194 valence electrons. The zero-order valence-corrected chi connectivity index (χ0v) is 22.1. The highest BCUT2D eigenvalue weighted by Crippen LogP contribution is 2.29. The number of aromatic nitrogens is 2. The van der Waals surface area contributed by atoms with Crippen LogP contribution in [0.4, 0.5) is 0 Å². The summed E-state index contributed by atoms with van der Waals surface area (Å²) in [6, 6.07) is 36.2. The lowest BCUT2D eigenvalue weighted by Crippen LogP contribution is -2.26. The molecule has 0 aliphatic carbocycles. The standard InChI is InChI=1S/C16H12N2.C13H10N2O4S2/c1-3-7-13(8-4-1)15-11-12-17-18-16(15)14-9-5-2-6-10-14;14-15-13(20(16,17)11-7-3-1-4-8-11)21(18,19)12-9-5-2-6-10-12/h1-12H;1-10H. The molecular formula is C29H22N4O4S2. The molecule has 1 aromatic heterocycles. The van der Waals surface area contributed by atoms with Gasteiger partial charge in [-0.05, 0) is 35.9 Å². The Bertz CT molecular complexity index is 1680. The lowest BCUT2D eigenvalue weighted by atomic mass is 10.0. The van der Waals surface area contributed by atoms with Crippen molar-refractivity contribution < 1.29 is 21.6 Å². The lowest BCUT2D eigenvalue weighted by Gasteiger charge is -2.07. The van der Waals surface area contributed by atoms with E-state index in [2.05, 4.69) is 39.3 Å². The van der Waals surface area contributed by atoms with Gasteiger partial charge in [0.25, 0.3) is 19.7 Å². The highest BCUT2D eigenvalue weighted by atomic mass is 32.3. The van der Waals surface area contributed by atoms with Gasteiger partial charge in [0.05, 0.1) is 16.0 Å². The maximum Gasteiger partial charge on any atom is 0.504 e. The van der Waals surface area contributed by atoms with Crippen LogP contribution in [0.25, 0.3) is 27.9 Å². The van der Waals surface area contributed by atoms with E-state index < -0.39 is 24.1 Å². The van der Waals surface area contributed by atoms with Crippen LogP contribution < -0.4 is 0 Å². The monoisotopic (exact) mass is 554 g/mol. The highest BCUT2D eigenvalue weighted by molar-refractivity contribution is 8.31. The molecule has 5 rings (SSSR count). The summed E-state index contributed by atoms with van der Waals surface area (Å²) in [4.78, 5) is 1.99. The van der Waals surface area contributed by atoms with Crippen LogP contribution in [-0.4, -0.2) is 36.2 Å². The molecule has 0 bridgehead atoms. The average molecular weight is 555 g/mol. The van der Waals surface area contributed by atoms with Crippen molar-refractivity contribution in [2.75, 3.05) is 0 Å². The zero-order valence-electron chi connectivity index (χ0n) is 20.4. The second-order valence-electron chi connectivity index (χ2n) is 8.02. The van der Waals surface area contributed by atoms with Crippen LogP contribution in [0, 0.1) is 0 Å². The molecule has 39 heavy (non-hydrogen) atoms. The summed E-state index contributed by atoms with van der Waals surface area (Å²) in [6.07, 6.45) is 1.73. The summed E-state index contributed by atoms with van der Waals surface area (Å²) < 4.78 is 48.0. The number of rotatable bonds is 4. The topological polar surface area (TPSA) is 130 Å². The summed E-state index contributed by atoms with van der Waals surface area (Å²) in [7, 11) is -8.89. The third-order valence-electron chi connectivity index (χ3n) is 5.50. The average Bonchev–Trinajstić information content (AvgIpc) is 2.99. The molecule has 0 aliphatic rings. The summed E-state index contributed by atoms with van der Waals surface area (Å²) in [6.45, 7) is 0. The van der Waals surface area contributed by atoms with Gasteiger partial charge in [-0.2, -0.15) is 5.10 Å². The smallest absolute Gasteiger partial charge is 0.359 e. The van der Waals surface area contributed by atoms with Crippen molar-refractivity contribution in [3.05, 3.63) is 139 Å². The van der Waals surface area contributed by atoms with Crippen molar-refractivity contribution in [3.8, 4) is 22.4 Å². The van der Waals surface area contributed by atoms with E-state index in [-0.39, 0.29) is 9.79 Å². The molecular weight excluding hydrogens is 532 g/mol. The molecule has 0 amide bonds. The van der Waals surface area contributed by atoms with Gasteiger partial charge in [-0.25, -0.2) is 16.8 Å². The molecule has 10 heteroatoms. The highest BCUT2D eigenvalue weighted by Gasteiger charge is 2.43. The Morgan fingerprint density at radius 2 is 0.974 bits per heavy atom. The molecule has 0 aliphatic heterocycles. The summed E-state index contributed by atoms with van der Waals surface area (Å²) in [5.74, 6) is 0. The third kappa shape index (κ3) is 6.22. The Hall–Kier alpha value is -4.76. The van der Waals surface area contributed by atoms with Gasteiger partial charge in [0.1, 0.15) is 5.69 Å². The van der Waals surface area contributed by atoms with Crippen molar-refractivity contribution >= 4 is 24.1 Å². The Balaban J connectivity index is 0.000000183. The molecule has 0 saturated heterocycles. The second-order valence-corrected chi connectivity index (χ2v) is 12.0. The predicted molar refractivity (Wildman–Crippen MR) is 149 cm³/mol. The first-order valence-electron chi connectivity index (χ1n) is 11.6. The minimum Gasteiger partial charge on any atom is -0.359 e. The minimum absolute atomic E-state index is 0.266. The van der Waals surface area contributed by atoms with Crippen LogP contribution in [0.15, 0.2) is 143 Å². The number of hydrogen-bond donors (Lipinski definition) is 0. The van der Waals surface area contributed by atoms with E-state index in [9.17, 15) is 16.8 Å². The van der Waals surface area contributed by atoms with E-state index in [0.717, 1.165) is 22.4 Å². The van der Waals surface area contributed by atoms with Gasteiger partial charge in [-0.3, -0.25) is 0 Å². The summed E-state index contributed by atoms with van der Waals surface area (Å²) in [5, 5.41) is 8.27. The van der Waals surface area contributed by atoms with Gasteiger partial charge in [-0.1, -0.05) is 97.1 Å². The molecule has 0 fully saturated rings. The van der Waals surface area contributed by atoms with E-state index >= 15 is 0 Å². The Kier molecular flexibility index (Phi) is 8.53. The first kappa shape index (κ1) is 27.3. The van der Waals surface area contributed by atoms with E-state index in [4.69, 9.17) is 5.53 Å². The van der Waals surface area contributed by atoms with E-state index in [1.807, 2.05) is 42.5 Å². The first-order valence-corrected chi connectivity index (χ1v) is 14.6. The maximum atomic E-state index is 12.3. The molecule has 0 unspecified atom stereocenters. The van der Waals surface area contributed by atoms with Gasteiger partial charge in [0.2, 0.25) is 0 Å². The fourth-order valence-corrected chi connectivity index (χ4v) is 7.03. The van der Waals surface area contributed by atoms with Crippen LogP contribution in [0.2, 0.25) is 0 Å². The van der Waals surface area contributed by atoms with Gasteiger partial charge in [-0.15, -0.1) is 9.89 Å². The normalized spacial score (nSPS) is 11.0. The Morgan fingerprint density at radius 3 is 1.41 bits per heavy atom. The SMILES string of the molecule is [N-]=[N+]=C(S(=O)(=O)c1ccccc1)S(=O)(=O)c1ccccc1.c1ccc(-c2ccnnc2-c2ccccc2)cc1.